The zero-order valence-electron chi connectivity index (χ0n) is 12.8. The van der Waals surface area contributed by atoms with Gasteiger partial charge in [-0.05, 0) is 42.7 Å². The van der Waals surface area contributed by atoms with Gasteiger partial charge in [-0.3, -0.25) is 9.59 Å². The van der Waals surface area contributed by atoms with Gasteiger partial charge in [-0.15, -0.1) is 0 Å². The summed E-state index contributed by atoms with van der Waals surface area (Å²) < 4.78 is 0. The molecule has 1 heterocycles. The van der Waals surface area contributed by atoms with Crippen LogP contribution in [0, 0.1) is 13.8 Å². The van der Waals surface area contributed by atoms with Crippen LogP contribution in [0.25, 0.3) is 0 Å². The highest BCUT2D eigenvalue weighted by atomic mass is 16.7. The quantitative estimate of drug-likeness (QED) is 0.818. The van der Waals surface area contributed by atoms with Gasteiger partial charge in [0.2, 0.25) is 0 Å². The molecule has 116 valence electrons. The highest BCUT2D eigenvalue weighted by Crippen LogP contribution is 2.23. The van der Waals surface area contributed by atoms with Crippen molar-refractivity contribution in [3.8, 4) is 0 Å². The van der Waals surface area contributed by atoms with Crippen molar-refractivity contribution in [1.29, 1.82) is 0 Å². The summed E-state index contributed by atoms with van der Waals surface area (Å²) in [6, 6.07) is 12.1. The fraction of sp³-hybridized carbons (Fsp3) is 0.167. The number of amides is 2. The third-order valence-corrected chi connectivity index (χ3v) is 3.92. The van der Waals surface area contributed by atoms with Crippen LogP contribution in [0.4, 0.5) is 0 Å². The SMILES string of the molecule is Cc1cccc(C)c1CC(=O)ON1C(=O)c2ccccc2C1=O. The molecule has 2 amide bonds. The Bertz CT molecular complexity index is 770. The van der Waals surface area contributed by atoms with Crippen LogP contribution < -0.4 is 0 Å². The summed E-state index contributed by atoms with van der Waals surface area (Å²) in [6.45, 7) is 3.80. The summed E-state index contributed by atoms with van der Waals surface area (Å²) in [4.78, 5) is 41.5. The third-order valence-electron chi connectivity index (χ3n) is 3.92. The van der Waals surface area contributed by atoms with Gasteiger partial charge in [0, 0.05) is 0 Å². The second-order valence-electron chi connectivity index (χ2n) is 5.46. The summed E-state index contributed by atoms with van der Waals surface area (Å²) >= 11 is 0. The lowest BCUT2D eigenvalue weighted by Crippen LogP contribution is -2.33. The van der Waals surface area contributed by atoms with Gasteiger partial charge in [-0.2, -0.15) is 0 Å². The van der Waals surface area contributed by atoms with Gasteiger partial charge >= 0.3 is 5.97 Å². The third kappa shape index (κ3) is 2.61. The number of aryl methyl sites for hydroxylation is 2. The molecule has 1 aliphatic heterocycles. The van der Waals surface area contributed by atoms with Crippen LogP contribution in [0.5, 0.6) is 0 Å². The van der Waals surface area contributed by atoms with Crippen LogP contribution in [-0.2, 0) is 16.1 Å². The zero-order chi connectivity index (χ0) is 16.6. The maximum absolute atomic E-state index is 12.2. The van der Waals surface area contributed by atoms with E-state index in [0.29, 0.717) is 5.06 Å². The van der Waals surface area contributed by atoms with E-state index in [1.54, 1.807) is 12.1 Å². The molecule has 0 saturated carbocycles. The number of fused-ring (bicyclic) bond motifs is 1. The van der Waals surface area contributed by atoms with E-state index in [1.165, 1.54) is 12.1 Å². The number of imide groups is 1. The molecule has 0 fully saturated rings. The molecule has 0 bridgehead atoms. The van der Waals surface area contributed by atoms with Crippen LogP contribution in [0.2, 0.25) is 0 Å². The molecule has 0 aromatic heterocycles. The van der Waals surface area contributed by atoms with E-state index in [9.17, 15) is 14.4 Å². The Kier molecular flexibility index (Phi) is 3.70. The van der Waals surface area contributed by atoms with Crippen molar-refractivity contribution in [1.82, 2.24) is 5.06 Å². The fourth-order valence-electron chi connectivity index (χ4n) is 2.66. The van der Waals surface area contributed by atoms with E-state index in [1.807, 2.05) is 32.0 Å². The molecule has 2 aromatic rings. The summed E-state index contributed by atoms with van der Waals surface area (Å²) in [5.74, 6) is -1.86. The predicted molar refractivity (Wildman–Crippen MR) is 82.7 cm³/mol. The van der Waals surface area contributed by atoms with Crippen LogP contribution in [-0.4, -0.2) is 22.8 Å². The average Bonchev–Trinajstić information content (AvgIpc) is 2.77. The van der Waals surface area contributed by atoms with Gasteiger partial charge in [-0.25, -0.2) is 4.79 Å². The Morgan fingerprint density at radius 3 is 1.96 bits per heavy atom. The van der Waals surface area contributed by atoms with Crippen molar-refractivity contribution in [3.05, 3.63) is 70.3 Å². The molecule has 5 heteroatoms. The van der Waals surface area contributed by atoms with E-state index in [0.717, 1.165) is 16.7 Å². The minimum Gasteiger partial charge on any atom is -0.329 e. The van der Waals surface area contributed by atoms with Gasteiger partial charge in [0.25, 0.3) is 11.8 Å². The first-order valence-electron chi connectivity index (χ1n) is 7.22. The van der Waals surface area contributed by atoms with Gasteiger partial charge < -0.3 is 4.84 Å². The number of benzene rings is 2. The van der Waals surface area contributed by atoms with Crippen molar-refractivity contribution in [2.75, 3.05) is 0 Å². The number of hydrogen-bond acceptors (Lipinski definition) is 4. The monoisotopic (exact) mass is 309 g/mol. The first-order chi connectivity index (χ1) is 11.0. The van der Waals surface area contributed by atoms with E-state index in [4.69, 9.17) is 4.84 Å². The molecule has 0 atom stereocenters. The Morgan fingerprint density at radius 2 is 1.43 bits per heavy atom. The van der Waals surface area contributed by atoms with Crippen molar-refractivity contribution >= 4 is 17.8 Å². The number of rotatable bonds is 3. The fourth-order valence-corrected chi connectivity index (χ4v) is 2.66. The van der Waals surface area contributed by atoms with E-state index in [2.05, 4.69) is 0 Å². The first-order valence-corrected chi connectivity index (χ1v) is 7.22. The van der Waals surface area contributed by atoms with E-state index < -0.39 is 17.8 Å². The molecule has 5 nitrogen and oxygen atoms in total. The van der Waals surface area contributed by atoms with Crippen LogP contribution >= 0.6 is 0 Å². The molecular formula is C18H15NO4. The summed E-state index contributed by atoms with van der Waals surface area (Å²) in [6.07, 6.45) is 0.00586. The first kappa shape index (κ1) is 15.0. The Morgan fingerprint density at radius 1 is 0.913 bits per heavy atom. The number of nitrogens with zero attached hydrogens (tertiary/aromatic N) is 1. The van der Waals surface area contributed by atoms with Crippen molar-refractivity contribution in [2.45, 2.75) is 20.3 Å². The van der Waals surface area contributed by atoms with Crippen LogP contribution in [0.1, 0.15) is 37.4 Å². The highest BCUT2D eigenvalue weighted by Gasteiger charge is 2.38. The molecule has 0 unspecified atom stereocenters. The lowest BCUT2D eigenvalue weighted by Gasteiger charge is -2.14. The highest BCUT2D eigenvalue weighted by molar-refractivity contribution is 6.20. The Labute approximate surface area is 133 Å². The molecule has 1 aliphatic rings. The van der Waals surface area contributed by atoms with Gasteiger partial charge in [0.15, 0.2) is 0 Å². The second kappa shape index (κ2) is 5.68. The minimum atomic E-state index is -0.642. The molecule has 3 rings (SSSR count). The summed E-state index contributed by atoms with van der Waals surface area (Å²) in [5, 5.41) is 0.542. The van der Waals surface area contributed by atoms with Crippen molar-refractivity contribution in [3.63, 3.8) is 0 Å². The maximum atomic E-state index is 12.2. The van der Waals surface area contributed by atoms with Gasteiger partial charge in [0.1, 0.15) is 0 Å². The van der Waals surface area contributed by atoms with Gasteiger partial charge in [0.05, 0.1) is 17.5 Å². The molecule has 0 spiro atoms. The van der Waals surface area contributed by atoms with Crippen molar-refractivity contribution < 1.29 is 19.2 Å². The number of carbonyl (C=O) groups excluding carboxylic acids is 3. The van der Waals surface area contributed by atoms with Gasteiger partial charge in [-0.1, -0.05) is 35.4 Å². The molecular weight excluding hydrogens is 294 g/mol. The van der Waals surface area contributed by atoms with Crippen molar-refractivity contribution in [2.24, 2.45) is 0 Å². The van der Waals surface area contributed by atoms with E-state index >= 15 is 0 Å². The lowest BCUT2D eigenvalue weighted by molar-refractivity contribution is -0.167. The number of hydrogen-bond donors (Lipinski definition) is 0. The molecule has 23 heavy (non-hydrogen) atoms. The summed E-state index contributed by atoms with van der Waals surface area (Å²) in [5.41, 5.74) is 3.26. The topological polar surface area (TPSA) is 63.7 Å². The lowest BCUT2D eigenvalue weighted by atomic mass is 10.0. The molecule has 2 aromatic carbocycles. The Balaban J connectivity index is 1.77. The zero-order valence-corrected chi connectivity index (χ0v) is 12.8. The summed E-state index contributed by atoms with van der Waals surface area (Å²) in [7, 11) is 0. The second-order valence-corrected chi connectivity index (χ2v) is 5.46. The molecule has 0 radical (unpaired) electrons. The number of hydroxylamine groups is 2. The van der Waals surface area contributed by atoms with Crippen LogP contribution in [0.15, 0.2) is 42.5 Å². The molecule has 0 aliphatic carbocycles. The largest absolute Gasteiger partial charge is 0.337 e. The molecule has 0 N–H and O–H groups in total. The number of carbonyl (C=O) groups is 3. The average molecular weight is 309 g/mol. The minimum absolute atomic E-state index is 0.00586. The normalized spacial score (nSPS) is 13.2. The standard InChI is InChI=1S/C18H15NO4/c1-11-6-5-7-12(2)15(11)10-16(20)23-19-17(21)13-8-3-4-9-14(13)18(19)22/h3-9H,10H2,1-2H3. The predicted octanol–water partition coefficient (Wildman–Crippen LogP) is 2.60. The van der Waals surface area contributed by atoms with E-state index in [-0.39, 0.29) is 17.5 Å². The van der Waals surface area contributed by atoms with Crippen LogP contribution in [0.3, 0.4) is 0 Å². The Hall–Kier alpha value is -2.95. The molecule has 0 saturated heterocycles. The maximum Gasteiger partial charge on any atom is 0.337 e. The smallest absolute Gasteiger partial charge is 0.329 e.